The summed E-state index contributed by atoms with van der Waals surface area (Å²) in [5.74, 6) is -1.97. The van der Waals surface area contributed by atoms with E-state index in [1.54, 1.807) is 13.8 Å². The van der Waals surface area contributed by atoms with Crippen molar-refractivity contribution in [3.8, 4) is 0 Å². The SMILES string of the molecule is CCCOC(COC(=O)C1=C(C)NC(C)=C(C(=O)O)N1c1cccc([N+](=O)[O-])c1)C(C)C. The van der Waals surface area contributed by atoms with E-state index in [4.69, 9.17) is 9.47 Å². The van der Waals surface area contributed by atoms with Gasteiger partial charge in [-0.2, -0.15) is 0 Å². The number of carboxylic acids is 1. The number of nitrogens with one attached hydrogen (secondary N) is 1. The quantitative estimate of drug-likeness (QED) is 0.314. The topological polar surface area (TPSA) is 131 Å². The van der Waals surface area contributed by atoms with Gasteiger partial charge in [0.2, 0.25) is 0 Å². The number of nitrogens with zero attached hydrogens (tertiary/aromatic N) is 2. The number of nitro benzene ring substituents is 1. The van der Waals surface area contributed by atoms with E-state index in [0.29, 0.717) is 12.3 Å². The normalized spacial score (nSPS) is 15.0. The average molecular weight is 447 g/mol. The van der Waals surface area contributed by atoms with Crippen LogP contribution in [0.1, 0.15) is 41.0 Å². The fourth-order valence-corrected chi connectivity index (χ4v) is 3.28. The second-order valence-corrected chi connectivity index (χ2v) is 7.74. The number of aliphatic carboxylic acids is 1. The van der Waals surface area contributed by atoms with Crippen LogP contribution in [0.2, 0.25) is 0 Å². The first-order chi connectivity index (χ1) is 15.1. The van der Waals surface area contributed by atoms with E-state index in [2.05, 4.69) is 5.32 Å². The zero-order valence-corrected chi connectivity index (χ0v) is 18.9. The van der Waals surface area contributed by atoms with Gasteiger partial charge in [-0.3, -0.25) is 15.0 Å². The molecule has 1 aromatic rings. The summed E-state index contributed by atoms with van der Waals surface area (Å²) in [6, 6.07) is 5.42. The number of anilines is 1. The van der Waals surface area contributed by atoms with E-state index in [1.807, 2.05) is 20.8 Å². The first-order valence-electron chi connectivity index (χ1n) is 10.3. The van der Waals surface area contributed by atoms with E-state index >= 15 is 0 Å². The van der Waals surface area contributed by atoms with Crippen molar-refractivity contribution >= 4 is 23.3 Å². The van der Waals surface area contributed by atoms with E-state index in [1.165, 1.54) is 29.2 Å². The van der Waals surface area contributed by atoms with Crippen LogP contribution in [0.5, 0.6) is 0 Å². The molecule has 2 N–H and O–H groups in total. The third kappa shape index (κ3) is 5.64. The molecule has 0 radical (unpaired) electrons. The third-order valence-corrected chi connectivity index (χ3v) is 4.89. The number of non-ortho nitro benzene ring substituents is 1. The molecule has 1 atom stereocenters. The Balaban J connectivity index is 2.45. The molecule has 10 nitrogen and oxygen atoms in total. The standard InChI is InChI=1S/C22H29N3O7/c1-6-10-31-18(13(2)3)12-32-22(28)20-15(5)23-14(4)19(21(26)27)24(20)16-8-7-9-17(11-16)25(29)30/h7-9,11,13,18,23H,6,10,12H2,1-5H3,(H,26,27). The molecule has 0 amide bonds. The molecule has 0 aromatic heterocycles. The Morgan fingerprint density at radius 3 is 2.44 bits per heavy atom. The fourth-order valence-electron chi connectivity index (χ4n) is 3.28. The maximum Gasteiger partial charge on any atom is 0.357 e. The number of allylic oxidation sites excluding steroid dienone is 2. The molecule has 1 aliphatic rings. The average Bonchev–Trinajstić information content (AvgIpc) is 2.72. The Hall–Kier alpha value is -3.40. The summed E-state index contributed by atoms with van der Waals surface area (Å²) in [5, 5.41) is 24.0. The van der Waals surface area contributed by atoms with Gasteiger partial charge >= 0.3 is 11.9 Å². The van der Waals surface area contributed by atoms with Gasteiger partial charge in [0.15, 0.2) is 11.4 Å². The molecule has 2 rings (SSSR count). The van der Waals surface area contributed by atoms with Gasteiger partial charge in [-0.1, -0.05) is 26.8 Å². The summed E-state index contributed by atoms with van der Waals surface area (Å²) in [4.78, 5) is 37.0. The van der Waals surface area contributed by atoms with Gasteiger partial charge in [-0.05, 0) is 32.3 Å². The van der Waals surface area contributed by atoms with E-state index in [0.717, 1.165) is 6.42 Å². The zero-order valence-electron chi connectivity index (χ0n) is 18.9. The molecule has 0 spiro atoms. The fraction of sp³-hybridized carbons (Fsp3) is 0.455. The number of carbonyl (C=O) groups excluding carboxylic acids is 1. The number of hydrogen-bond acceptors (Lipinski definition) is 8. The lowest BCUT2D eigenvalue weighted by molar-refractivity contribution is -0.384. The van der Waals surface area contributed by atoms with E-state index in [9.17, 15) is 24.8 Å². The number of nitro groups is 1. The van der Waals surface area contributed by atoms with Crippen molar-refractivity contribution in [1.29, 1.82) is 0 Å². The summed E-state index contributed by atoms with van der Waals surface area (Å²) in [6.45, 7) is 9.54. The van der Waals surface area contributed by atoms with Gasteiger partial charge in [-0.25, -0.2) is 9.59 Å². The monoisotopic (exact) mass is 447 g/mol. The predicted octanol–water partition coefficient (Wildman–Crippen LogP) is 3.55. The van der Waals surface area contributed by atoms with E-state index < -0.39 is 16.9 Å². The second-order valence-electron chi connectivity index (χ2n) is 7.74. The molecule has 1 heterocycles. The van der Waals surface area contributed by atoms with Crippen LogP contribution in [-0.4, -0.2) is 41.3 Å². The van der Waals surface area contributed by atoms with Crippen LogP contribution < -0.4 is 10.2 Å². The zero-order chi connectivity index (χ0) is 24.0. The first-order valence-corrected chi connectivity index (χ1v) is 10.3. The van der Waals surface area contributed by atoms with Crippen molar-refractivity contribution < 1.29 is 29.1 Å². The largest absolute Gasteiger partial charge is 0.477 e. The highest BCUT2D eigenvalue weighted by molar-refractivity contribution is 6.02. The van der Waals surface area contributed by atoms with Gasteiger partial charge in [-0.15, -0.1) is 0 Å². The summed E-state index contributed by atoms with van der Waals surface area (Å²) in [6.07, 6.45) is 0.497. The number of carboxylic acid groups (broad SMARTS) is 1. The van der Waals surface area contributed by atoms with Crippen molar-refractivity contribution in [2.75, 3.05) is 18.1 Å². The summed E-state index contributed by atoms with van der Waals surface area (Å²) in [5.41, 5.74) is 0.272. The molecule has 174 valence electrons. The minimum absolute atomic E-state index is 0.0127. The van der Waals surface area contributed by atoms with Crippen molar-refractivity contribution in [1.82, 2.24) is 5.32 Å². The van der Waals surface area contributed by atoms with Gasteiger partial charge in [0.25, 0.3) is 5.69 Å². The number of ether oxygens (including phenoxy) is 2. The highest BCUT2D eigenvalue weighted by atomic mass is 16.6. The molecule has 0 bridgehead atoms. The lowest BCUT2D eigenvalue weighted by Gasteiger charge is -2.33. The molecular weight excluding hydrogens is 418 g/mol. The smallest absolute Gasteiger partial charge is 0.357 e. The summed E-state index contributed by atoms with van der Waals surface area (Å²) in [7, 11) is 0. The lowest BCUT2D eigenvalue weighted by atomic mass is 10.1. The first kappa shape index (κ1) is 24.9. The maximum absolute atomic E-state index is 13.1. The van der Waals surface area contributed by atoms with Crippen LogP contribution in [0.25, 0.3) is 0 Å². The van der Waals surface area contributed by atoms with Gasteiger partial charge < -0.3 is 19.9 Å². The van der Waals surface area contributed by atoms with Crippen LogP contribution >= 0.6 is 0 Å². The van der Waals surface area contributed by atoms with Gasteiger partial charge in [0, 0.05) is 30.1 Å². The van der Waals surface area contributed by atoms with Crippen molar-refractivity contribution in [3.63, 3.8) is 0 Å². The molecule has 0 saturated heterocycles. The molecule has 32 heavy (non-hydrogen) atoms. The molecule has 0 fully saturated rings. The van der Waals surface area contributed by atoms with E-state index in [-0.39, 0.29) is 47.1 Å². The Morgan fingerprint density at radius 1 is 1.22 bits per heavy atom. The second kappa shape index (κ2) is 10.8. The number of esters is 1. The molecule has 0 saturated carbocycles. The Bertz CT molecular complexity index is 953. The Kier molecular flexibility index (Phi) is 8.36. The molecule has 1 unspecified atom stereocenters. The van der Waals surface area contributed by atoms with Crippen LogP contribution in [0.15, 0.2) is 47.1 Å². The maximum atomic E-state index is 13.1. The Morgan fingerprint density at radius 2 is 1.88 bits per heavy atom. The third-order valence-electron chi connectivity index (χ3n) is 4.89. The summed E-state index contributed by atoms with van der Waals surface area (Å²) >= 11 is 0. The highest BCUT2D eigenvalue weighted by Crippen LogP contribution is 2.33. The van der Waals surface area contributed by atoms with Crippen LogP contribution in [0, 0.1) is 16.0 Å². The molecule has 1 aliphatic heterocycles. The highest BCUT2D eigenvalue weighted by Gasteiger charge is 2.35. The van der Waals surface area contributed by atoms with Crippen LogP contribution in [0.3, 0.4) is 0 Å². The number of carbonyl (C=O) groups is 2. The van der Waals surface area contributed by atoms with Gasteiger partial charge in [0.1, 0.15) is 6.61 Å². The molecule has 10 heteroatoms. The molecule has 0 aliphatic carbocycles. The molecular formula is C22H29N3O7. The van der Waals surface area contributed by atoms with Crippen molar-refractivity contribution in [3.05, 3.63) is 57.2 Å². The Labute approximate surface area is 186 Å². The van der Waals surface area contributed by atoms with Gasteiger partial charge in [0.05, 0.1) is 16.7 Å². The van der Waals surface area contributed by atoms with Crippen molar-refractivity contribution in [2.45, 2.75) is 47.1 Å². The van der Waals surface area contributed by atoms with Crippen LogP contribution in [-0.2, 0) is 19.1 Å². The molecule has 1 aromatic carbocycles. The lowest BCUT2D eigenvalue weighted by Crippen LogP contribution is -2.41. The minimum Gasteiger partial charge on any atom is -0.477 e. The number of benzene rings is 1. The summed E-state index contributed by atoms with van der Waals surface area (Å²) < 4.78 is 11.3. The van der Waals surface area contributed by atoms with Crippen LogP contribution in [0.4, 0.5) is 11.4 Å². The minimum atomic E-state index is -1.30. The predicted molar refractivity (Wildman–Crippen MR) is 118 cm³/mol. The van der Waals surface area contributed by atoms with Crippen molar-refractivity contribution in [2.24, 2.45) is 5.92 Å². The number of rotatable bonds is 10. The number of hydrogen-bond donors (Lipinski definition) is 2.